The Balaban J connectivity index is 2.76. The largest absolute Gasteiger partial charge is 0.471 e. The molecule has 1 amide bonds. The van der Waals surface area contributed by atoms with E-state index in [2.05, 4.69) is 6.58 Å². The van der Waals surface area contributed by atoms with Crippen LogP contribution in [0.15, 0.2) is 43.0 Å². The van der Waals surface area contributed by atoms with Crippen LogP contribution in [-0.2, 0) is 11.2 Å². The SMILES string of the molecule is C=C[C@@H](C)N(CCc1ccccc1)C(=O)C(F)(F)F. The predicted molar refractivity (Wildman–Crippen MR) is 67.6 cm³/mol. The van der Waals surface area contributed by atoms with Crippen LogP contribution in [0, 0.1) is 0 Å². The first-order chi connectivity index (χ1) is 8.86. The number of nitrogens with zero attached hydrogens (tertiary/aromatic N) is 1. The van der Waals surface area contributed by atoms with Crippen molar-refractivity contribution in [3.8, 4) is 0 Å². The van der Waals surface area contributed by atoms with Crippen LogP contribution in [0.5, 0.6) is 0 Å². The van der Waals surface area contributed by atoms with E-state index in [1.807, 2.05) is 30.3 Å². The molecule has 0 unspecified atom stereocenters. The summed E-state index contributed by atoms with van der Waals surface area (Å²) in [6, 6.07) is 8.42. The molecule has 1 rings (SSSR count). The van der Waals surface area contributed by atoms with Gasteiger partial charge in [0, 0.05) is 12.6 Å². The van der Waals surface area contributed by atoms with Crippen molar-refractivity contribution in [3.05, 3.63) is 48.6 Å². The minimum atomic E-state index is -4.85. The Morgan fingerprint density at radius 3 is 2.42 bits per heavy atom. The number of alkyl halides is 3. The lowest BCUT2D eigenvalue weighted by molar-refractivity contribution is -0.186. The lowest BCUT2D eigenvalue weighted by Crippen LogP contribution is -2.46. The smallest absolute Gasteiger partial charge is 0.328 e. The summed E-state index contributed by atoms with van der Waals surface area (Å²) >= 11 is 0. The third kappa shape index (κ3) is 4.43. The summed E-state index contributed by atoms with van der Waals surface area (Å²) in [5.41, 5.74) is 0.888. The Hall–Kier alpha value is -1.78. The van der Waals surface area contributed by atoms with Gasteiger partial charge in [0.15, 0.2) is 0 Å². The molecule has 0 aromatic heterocycles. The van der Waals surface area contributed by atoms with Crippen molar-refractivity contribution in [2.45, 2.75) is 25.6 Å². The van der Waals surface area contributed by atoms with Crippen LogP contribution >= 0.6 is 0 Å². The molecule has 0 spiro atoms. The average Bonchev–Trinajstić information content (AvgIpc) is 2.38. The summed E-state index contributed by atoms with van der Waals surface area (Å²) in [5, 5.41) is 0. The molecule has 0 heterocycles. The van der Waals surface area contributed by atoms with Gasteiger partial charge in [-0.1, -0.05) is 36.4 Å². The summed E-state index contributed by atoms with van der Waals surface area (Å²) in [5.74, 6) is -1.82. The highest BCUT2D eigenvalue weighted by molar-refractivity contribution is 5.82. The summed E-state index contributed by atoms with van der Waals surface area (Å²) in [4.78, 5) is 12.1. The molecule has 1 aromatic carbocycles. The predicted octanol–water partition coefficient (Wildman–Crippen LogP) is 3.19. The first-order valence-electron chi connectivity index (χ1n) is 5.90. The van der Waals surface area contributed by atoms with Crippen molar-refractivity contribution in [1.29, 1.82) is 0 Å². The van der Waals surface area contributed by atoms with E-state index in [0.29, 0.717) is 6.42 Å². The number of carbonyl (C=O) groups is 1. The van der Waals surface area contributed by atoms with Crippen LogP contribution in [0.4, 0.5) is 13.2 Å². The molecule has 0 saturated heterocycles. The Morgan fingerprint density at radius 2 is 1.95 bits per heavy atom. The molecule has 19 heavy (non-hydrogen) atoms. The van der Waals surface area contributed by atoms with Gasteiger partial charge in [0.05, 0.1) is 0 Å². The van der Waals surface area contributed by atoms with Crippen molar-refractivity contribution in [2.75, 3.05) is 6.54 Å². The fourth-order valence-electron chi connectivity index (χ4n) is 1.67. The van der Waals surface area contributed by atoms with E-state index in [0.717, 1.165) is 10.5 Å². The van der Waals surface area contributed by atoms with Gasteiger partial charge in [-0.15, -0.1) is 6.58 Å². The Morgan fingerprint density at radius 1 is 1.37 bits per heavy atom. The minimum Gasteiger partial charge on any atom is -0.328 e. The molecule has 104 valence electrons. The second-order valence-corrected chi connectivity index (χ2v) is 4.21. The molecule has 1 aromatic rings. The number of hydrogen-bond donors (Lipinski definition) is 0. The highest BCUT2D eigenvalue weighted by Gasteiger charge is 2.43. The molecule has 0 saturated carbocycles. The molecule has 0 aliphatic carbocycles. The average molecular weight is 271 g/mol. The molecule has 0 radical (unpaired) electrons. The van der Waals surface area contributed by atoms with E-state index in [1.165, 1.54) is 13.0 Å². The number of benzene rings is 1. The quantitative estimate of drug-likeness (QED) is 0.753. The third-order valence-electron chi connectivity index (χ3n) is 2.82. The Labute approximate surface area is 110 Å². The van der Waals surface area contributed by atoms with Gasteiger partial charge in [0.25, 0.3) is 0 Å². The Kier molecular flexibility index (Phi) is 5.15. The van der Waals surface area contributed by atoms with Gasteiger partial charge < -0.3 is 4.90 Å². The second-order valence-electron chi connectivity index (χ2n) is 4.21. The van der Waals surface area contributed by atoms with Gasteiger partial charge in [-0.25, -0.2) is 0 Å². The standard InChI is InChI=1S/C14H16F3NO/c1-3-11(2)18(13(19)14(15,16)17)10-9-12-7-5-4-6-8-12/h3-8,11H,1,9-10H2,2H3/t11-/m1/s1. The van der Waals surface area contributed by atoms with E-state index in [4.69, 9.17) is 0 Å². The van der Waals surface area contributed by atoms with Crippen molar-refractivity contribution < 1.29 is 18.0 Å². The highest BCUT2D eigenvalue weighted by Crippen LogP contribution is 2.20. The topological polar surface area (TPSA) is 20.3 Å². The normalized spacial score (nSPS) is 12.8. The molecule has 0 bridgehead atoms. The zero-order valence-corrected chi connectivity index (χ0v) is 10.7. The maximum Gasteiger partial charge on any atom is 0.471 e. The summed E-state index contributed by atoms with van der Waals surface area (Å²) in [7, 11) is 0. The van der Waals surface area contributed by atoms with Crippen LogP contribution in [0.2, 0.25) is 0 Å². The molecule has 5 heteroatoms. The van der Waals surface area contributed by atoms with E-state index in [1.54, 1.807) is 0 Å². The van der Waals surface area contributed by atoms with Crippen molar-refractivity contribution in [1.82, 2.24) is 4.90 Å². The summed E-state index contributed by atoms with van der Waals surface area (Å²) in [6.45, 7) is 4.96. The first-order valence-corrected chi connectivity index (χ1v) is 5.90. The van der Waals surface area contributed by atoms with Gasteiger partial charge in [0.1, 0.15) is 0 Å². The summed E-state index contributed by atoms with van der Waals surface area (Å²) in [6.07, 6.45) is -3.15. The van der Waals surface area contributed by atoms with Crippen molar-refractivity contribution >= 4 is 5.91 Å². The fraction of sp³-hybridized carbons (Fsp3) is 0.357. The van der Waals surface area contributed by atoms with Gasteiger partial charge in [0.2, 0.25) is 0 Å². The third-order valence-corrected chi connectivity index (χ3v) is 2.82. The van der Waals surface area contributed by atoms with E-state index in [9.17, 15) is 18.0 Å². The zero-order valence-electron chi connectivity index (χ0n) is 10.7. The number of hydrogen-bond acceptors (Lipinski definition) is 1. The molecule has 2 nitrogen and oxygen atoms in total. The second kappa shape index (κ2) is 6.41. The van der Waals surface area contributed by atoms with Gasteiger partial charge in [-0.2, -0.15) is 13.2 Å². The zero-order chi connectivity index (χ0) is 14.5. The van der Waals surface area contributed by atoms with Crippen LogP contribution in [0.1, 0.15) is 12.5 Å². The van der Waals surface area contributed by atoms with Crippen molar-refractivity contribution in [3.63, 3.8) is 0 Å². The first kappa shape index (κ1) is 15.3. The number of carbonyl (C=O) groups excluding carboxylic acids is 1. The molecule has 0 N–H and O–H groups in total. The van der Waals surface area contributed by atoms with Crippen LogP contribution in [-0.4, -0.2) is 29.6 Å². The van der Waals surface area contributed by atoms with E-state index < -0.39 is 18.1 Å². The molecule has 1 atom stereocenters. The molecule has 0 fully saturated rings. The van der Waals surface area contributed by atoms with Gasteiger partial charge in [-0.05, 0) is 18.9 Å². The van der Waals surface area contributed by atoms with Crippen LogP contribution in [0.25, 0.3) is 0 Å². The molecule has 0 aliphatic rings. The van der Waals surface area contributed by atoms with Gasteiger partial charge >= 0.3 is 12.1 Å². The molecular formula is C14H16F3NO. The molecular weight excluding hydrogens is 255 g/mol. The Bertz CT molecular complexity index is 428. The number of rotatable bonds is 5. The maximum atomic E-state index is 12.5. The lowest BCUT2D eigenvalue weighted by Gasteiger charge is -2.28. The fourth-order valence-corrected chi connectivity index (χ4v) is 1.67. The lowest BCUT2D eigenvalue weighted by atomic mass is 10.1. The summed E-state index contributed by atoms with van der Waals surface area (Å²) < 4.78 is 37.5. The highest BCUT2D eigenvalue weighted by atomic mass is 19.4. The van der Waals surface area contributed by atoms with Crippen molar-refractivity contribution in [2.24, 2.45) is 0 Å². The molecule has 0 aliphatic heterocycles. The number of amides is 1. The minimum absolute atomic E-state index is 0.00947. The van der Waals surface area contributed by atoms with Crippen LogP contribution < -0.4 is 0 Å². The van der Waals surface area contributed by atoms with Gasteiger partial charge in [-0.3, -0.25) is 4.79 Å². The maximum absolute atomic E-state index is 12.5. The number of halogens is 3. The van der Waals surface area contributed by atoms with E-state index >= 15 is 0 Å². The monoisotopic (exact) mass is 271 g/mol. The van der Waals surface area contributed by atoms with Crippen LogP contribution in [0.3, 0.4) is 0 Å². The van der Waals surface area contributed by atoms with E-state index in [-0.39, 0.29) is 6.54 Å².